The third-order valence-electron chi connectivity index (χ3n) is 3.67. The van der Waals surface area contributed by atoms with E-state index >= 15 is 0 Å². The lowest BCUT2D eigenvalue weighted by atomic mass is 10.2. The second-order valence-corrected chi connectivity index (χ2v) is 6.70. The number of nitrogens with zero attached hydrogens (tertiary/aromatic N) is 3. The highest BCUT2D eigenvalue weighted by molar-refractivity contribution is 7.26. The zero-order valence-electron chi connectivity index (χ0n) is 12.7. The molecular formula is C17H14ClN5S. The van der Waals surface area contributed by atoms with Gasteiger partial charge in [-0.25, -0.2) is 9.97 Å². The van der Waals surface area contributed by atoms with Gasteiger partial charge in [0.15, 0.2) is 5.82 Å². The summed E-state index contributed by atoms with van der Waals surface area (Å²) < 4.78 is 2.08. The van der Waals surface area contributed by atoms with E-state index in [0.717, 1.165) is 31.7 Å². The van der Waals surface area contributed by atoms with Crippen molar-refractivity contribution in [2.75, 3.05) is 18.4 Å². The monoisotopic (exact) mass is 355 g/mol. The average Bonchev–Trinajstić information content (AvgIpc) is 3.00. The summed E-state index contributed by atoms with van der Waals surface area (Å²) >= 11 is 8.06. The molecule has 0 saturated carbocycles. The van der Waals surface area contributed by atoms with Gasteiger partial charge in [0.05, 0.1) is 15.2 Å². The summed E-state index contributed by atoms with van der Waals surface area (Å²) in [5.74, 6) is 1.43. The summed E-state index contributed by atoms with van der Waals surface area (Å²) in [6.07, 6.45) is 3.46. The van der Waals surface area contributed by atoms with Crippen LogP contribution in [-0.4, -0.2) is 28.0 Å². The molecule has 0 bridgehead atoms. The van der Waals surface area contributed by atoms with Gasteiger partial charge >= 0.3 is 0 Å². The first-order valence-electron chi connectivity index (χ1n) is 7.51. The summed E-state index contributed by atoms with van der Waals surface area (Å²) in [4.78, 5) is 13.5. The number of anilines is 1. The Labute approximate surface area is 147 Å². The standard InChI is InChI=1S/C17H14ClN5S/c18-11-2-1-3-12-13(11)14-15(24-12)17(21-9-6-19)23-16(22-14)10-4-7-20-8-5-10/h1-5,7-8H,6,9,19H2,(H,21,22,23). The molecule has 0 unspecified atom stereocenters. The molecule has 1 aromatic carbocycles. The molecule has 4 rings (SSSR count). The van der Waals surface area contributed by atoms with Crippen molar-refractivity contribution in [1.29, 1.82) is 0 Å². The highest BCUT2D eigenvalue weighted by atomic mass is 35.5. The van der Waals surface area contributed by atoms with Gasteiger partial charge in [0.1, 0.15) is 5.82 Å². The van der Waals surface area contributed by atoms with E-state index in [-0.39, 0.29) is 0 Å². The third-order valence-corrected chi connectivity index (χ3v) is 5.13. The molecule has 0 aliphatic rings. The number of fused-ring (bicyclic) bond motifs is 3. The number of pyridine rings is 1. The molecule has 7 heteroatoms. The Morgan fingerprint density at radius 3 is 2.75 bits per heavy atom. The number of halogens is 1. The molecule has 3 N–H and O–H groups in total. The van der Waals surface area contributed by atoms with Crippen LogP contribution >= 0.6 is 22.9 Å². The molecule has 0 radical (unpaired) electrons. The Bertz CT molecular complexity index is 1020. The molecule has 120 valence electrons. The fourth-order valence-electron chi connectivity index (χ4n) is 2.59. The van der Waals surface area contributed by atoms with Crippen LogP contribution in [0.5, 0.6) is 0 Å². The minimum Gasteiger partial charge on any atom is -0.367 e. The molecule has 5 nitrogen and oxygen atoms in total. The number of nitrogens with one attached hydrogen (secondary N) is 1. The number of aromatic nitrogens is 3. The topological polar surface area (TPSA) is 76.7 Å². The maximum Gasteiger partial charge on any atom is 0.162 e. The zero-order valence-corrected chi connectivity index (χ0v) is 14.2. The molecular weight excluding hydrogens is 342 g/mol. The van der Waals surface area contributed by atoms with Gasteiger partial charge in [-0.05, 0) is 24.3 Å². The highest BCUT2D eigenvalue weighted by Crippen LogP contribution is 2.40. The Balaban J connectivity index is 2.03. The van der Waals surface area contributed by atoms with E-state index in [4.69, 9.17) is 27.3 Å². The molecule has 0 aliphatic heterocycles. The van der Waals surface area contributed by atoms with Crippen molar-refractivity contribution in [2.24, 2.45) is 5.73 Å². The summed E-state index contributed by atoms with van der Waals surface area (Å²) in [5, 5.41) is 4.97. The number of benzene rings is 1. The average molecular weight is 356 g/mol. The van der Waals surface area contributed by atoms with E-state index in [0.29, 0.717) is 23.9 Å². The quantitative estimate of drug-likeness (QED) is 0.580. The van der Waals surface area contributed by atoms with Crippen molar-refractivity contribution in [3.63, 3.8) is 0 Å². The fourth-order valence-corrected chi connectivity index (χ4v) is 4.04. The lowest BCUT2D eigenvalue weighted by Gasteiger charge is -2.08. The smallest absolute Gasteiger partial charge is 0.162 e. The van der Waals surface area contributed by atoms with E-state index in [1.807, 2.05) is 30.3 Å². The molecule has 0 aliphatic carbocycles. The summed E-state index contributed by atoms with van der Waals surface area (Å²) in [6, 6.07) is 9.67. The van der Waals surface area contributed by atoms with Crippen molar-refractivity contribution < 1.29 is 0 Å². The van der Waals surface area contributed by atoms with Gasteiger partial charge in [-0.3, -0.25) is 4.98 Å². The molecule has 0 atom stereocenters. The van der Waals surface area contributed by atoms with Gasteiger partial charge in [-0.1, -0.05) is 17.7 Å². The van der Waals surface area contributed by atoms with Crippen LogP contribution in [0.15, 0.2) is 42.7 Å². The van der Waals surface area contributed by atoms with Crippen molar-refractivity contribution in [1.82, 2.24) is 15.0 Å². The number of hydrogen-bond acceptors (Lipinski definition) is 6. The number of nitrogens with two attached hydrogens (primary N) is 1. The summed E-state index contributed by atoms with van der Waals surface area (Å²) in [6.45, 7) is 1.17. The number of rotatable bonds is 4. The highest BCUT2D eigenvalue weighted by Gasteiger charge is 2.16. The maximum atomic E-state index is 6.43. The van der Waals surface area contributed by atoms with Crippen molar-refractivity contribution >= 4 is 49.1 Å². The van der Waals surface area contributed by atoms with Crippen LogP contribution < -0.4 is 11.1 Å². The van der Waals surface area contributed by atoms with Crippen molar-refractivity contribution in [2.45, 2.75) is 0 Å². The Morgan fingerprint density at radius 1 is 1.12 bits per heavy atom. The van der Waals surface area contributed by atoms with Crippen molar-refractivity contribution in [3.8, 4) is 11.4 Å². The first-order chi connectivity index (χ1) is 11.8. The Kier molecular flexibility index (Phi) is 4.02. The first kappa shape index (κ1) is 15.3. The molecule has 24 heavy (non-hydrogen) atoms. The van der Waals surface area contributed by atoms with Gasteiger partial charge in [-0.2, -0.15) is 0 Å². The van der Waals surface area contributed by atoms with Gasteiger partial charge in [0.2, 0.25) is 0 Å². The van der Waals surface area contributed by atoms with E-state index in [2.05, 4.69) is 10.3 Å². The van der Waals surface area contributed by atoms with Crippen LogP contribution in [0.25, 0.3) is 31.7 Å². The molecule has 0 amide bonds. The van der Waals surface area contributed by atoms with E-state index in [1.165, 1.54) is 0 Å². The van der Waals surface area contributed by atoms with Crippen molar-refractivity contribution in [3.05, 3.63) is 47.7 Å². The van der Waals surface area contributed by atoms with Gasteiger partial charge in [0.25, 0.3) is 0 Å². The Hall–Kier alpha value is -2.28. The normalized spacial score (nSPS) is 11.2. The maximum absolute atomic E-state index is 6.43. The SMILES string of the molecule is NCCNc1nc(-c2ccncc2)nc2c1sc1cccc(Cl)c12. The minimum absolute atomic E-state index is 0.530. The van der Waals surface area contributed by atoms with E-state index in [9.17, 15) is 0 Å². The summed E-state index contributed by atoms with van der Waals surface area (Å²) in [7, 11) is 0. The molecule has 0 spiro atoms. The molecule has 0 saturated heterocycles. The zero-order chi connectivity index (χ0) is 16.5. The lowest BCUT2D eigenvalue weighted by Crippen LogP contribution is -2.14. The third kappa shape index (κ3) is 2.58. The van der Waals surface area contributed by atoms with Gasteiger partial charge in [0, 0.05) is 41.1 Å². The molecule has 3 aromatic heterocycles. The largest absolute Gasteiger partial charge is 0.367 e. The number of hydrogen-bond donors (Lipinski definition) is 2. The van der Waals surface area contributed by atoms with Crippen LogP contribution in [0, 0.1) is 0 Å². The predicted molar refractivity (Wildman–Crippen MR) is 101 cm³/mol. The number of thiophene rings is 1. The Morgan fingerprint density at radius 2 is 1.96 bits per heavy atom. The molecule has 0 fully saturated rings. The van der Waals surface area contributed by atoms with Crippen LogP contribution in [0.1, 0.15) is 0 Å². The molecule has 4 aromatic rings. The van der Waals surface area contributed by atoms with Gasteiger partial charge in [-0.15, -0.1) is 11.3 Å². The van der Waals surface area contributed by atoms with E-state index in [1.54, 1.807) is 23.7 Å². The second kappa shape index (κ2) is 6.32. The first-order valence-corrected chi connectivity index (χ1v) is 8.70. The fraction of sp³-hybridized carbons (Fsp3) is 0.118. The van der Waals surface area contributed by atoms with Crippen LogP contribution in [0.4, 0.5) is 5.82 Å². The second-order valence-electron chi connectivity index (χ2n) is 5.24. The summed E-state index contributed by atoms with van der Waals surface area (Å²) in [5.41, 5.74) is 7.41. The van der Waals surface area contributed by atoms with Crippen LogP contribution in [0.3, 0.4) is 0 Å². The van der Waals surface area contributed by atoms with E-state index < -0.39 is 0 Å². The van der Waals surface area contributed by atoms with Gasteiger partial charge < -0.3 is 11.1 Å². The van der Waals surface area contributed by atoms with Crippen LogP contribution in [0.2, 0.25) is 5.02 Å². The van der Waals surface area contributed by atoms with Crippen LogP contribution in [-0.2, 0) is 0 Å². The molecule has 3 heterocycles. The predicted octanol–water partition coefficient (Wildman–Crippen LogP) is 3.93. The minimum atomic E-state index is 0.530. The lowest BCUT2D eigenvalue weighted by molar-refractivity contribution is 1.01.